The third-order valence-corrected chi connectivity index (χ3v) is 3.95. The van der Waals surface area contributed by atoms with Gasteiger partial charge < -0.3 is 10.1 Å². The van der Waals surface area contributed by atoms with E-state index in [-0.39, 0.29) is 0 Å². The minimum atomic E-state index is 0.599. The molecule has 0 bridgehead atoms. The Morgan fingerprint density at radius 1 is 1.22 bits per heavy atom. The van der Waals surface area contributed by atoms with E-state index in [0.29, 0.717) is 5.92 Å². The van der Waals surface area contributed by atoms with Gasteiger partial charge in [-0.25, -0.2) is 4.98 Å². The fraction of sp³-hybridized carbons (Fsp3) is 0.357. The van der Waals surface area contributed by atoms with Crippen LogP contribution in [0, 0.1) is 0 Å². The van der Waals surface area contributed by atoms with Crippen LogP contribution in [0.15, 0.2) is 35.8 Å². The standard InChI is InChI=1S/C14H16N2OS/c1-2-4-13(17-14-16-9-10-18-14)12(3-1)11-5-7-15-8-6-11/h1-4,9-11,15H,5-8H2. The van der Waals surface area contributed by atoms with Crippen LogP contribution in [0.4, 0.5) is 0 Å². The Labute approximate surface area is 111 Å². The third-order valence-electron chi connectivity index (χ3n) is 3.30. The first-order chi connectivity index (χ1) is 8.93. The Bertz CT molecular complexity index is 492. The predicted molar refractivity (Wildman–Crippen MR) is 73.5 cm³/mol. The number of piperidine rings is 1. The lowest BCUT2D eigenvalue weighted by molar-refractivity contribution is 0.428. The Morgan fingerprint density at radius 2 is 2.06 bits per heavy atom. The van der Waals surface area contributed by atoms with E-state index in [4.69, 9.17) is 4.74 Å². The first-order valence-electron chi connectivity index (χ1n) is 6.30. The maximum Gasteiger partial charge on any atom is 0.278 e. The largest absolute Gasteiger partial charge is 0.431 e. The molecule has 0 amide bonds. The van der Waals surface area contributed by atoms with Gasteiger partial charge in [0.1, 0.15) is 5.75 Å². The van der Waals surface area contributed by atoms with E-state index in [0.717, 1.165) is 24.0 Å². The highest BCUT2D eigenvalue weighted by molar-refractivity contribution is 7.11. The molecule has 0 radical (unpaired) electrons. The Hall–Kier alpha value is -1.39. The van der Waals surface area contributed by atoms with Crippen molar-refractivity contribution >= 4 is 11.3 Å². The molecule has 94 valence electrons. The van der Waals surface area contributed by atoms with Gasteiger partial charge in [0.2, 0.25) is 0 Å². The molecular formula is C14H16N2OS. The minimum Gasteiger partial charge on any atom is -0.431 e. The average Bonchev–Trinajstić information content (AvgIpc) is 2.93. The summed E-state index contributed by atoms with van der Waals surface area (Å²) in [6.45, 7) is 2.19. The third kappa shape index (κ3) is 2.54. The van der Waals surface area contributed by atoms with Crippen molar-refractivity contribution in [2.75, 3.05) is 13.1 Å². The van der Waals surface area contributed by atoms with Gasteiger partial charge in [-0.15, -0.1) is 0 Å². The first kappa shape index (κ1) is 11.7. The monoisotopic (exact) mass is 260 g/mol. The average molecular weight is 260 g/mol. The van der Waals surface area contributed by atoms with E-state index in [1.54, 1.807) is 6.20 Å². The van der Waals surface area contributed by atoms with E-state index < -0.39 is 0 Å². The molecule has 0 spiro atoms. The van der Waals surface area contributed by atoms with Crippen LogP contribution < -0.4 is 10.1 Å². The number of nitrogens with one attached hydrogen (secondary N) is 1. The molecule has 1 N–H and O–H groups in total. The van der Waals surface area contributed by atoms with Crippen LogP contribution in [-0.4, -0.2) is 18.1 Å². The predicted octanol–water partition coefficient (Wildman–Crippen LogP) is 3.40. The van der Waals surface area contributed by atoms with Crippen LogP contribution in [0.25, 0.3) is 0 Å². The molecule has 1 fully saturated rings. The Balaban J connectivity index is 1.84. The van der Waals surface area contributed by atoms with Crippen LogP contribution >= 0.6 is 11.3 Å². The zero-order valence-electron chi connectivity index (χ0n) is 10.1. The van der Waals surface area contributed by atoms with Crippen molar-refractivity contribution < 1.29 is 4.74 Å². The van der Waals surface area contributed by atoms with Gasteiger partial charge in [0.05, 0.1) is 0 Å². The van der Waals surface area contributed by atoms with Crippen LogP contribution in [0.3, 0.4) is 0 Å². The minimum absolute atomic E-state index is 0.599. The van der Waals surface area contributed by atoms with Crippen molar-refractivity contribution in [3.05, 3.63) is 41.4 Å². The van der Waals surface area contributed by atoms with Crippen LogP contribution in [0.5, 0.6) is 10.9 Å². The summed E-state index contributed by atoms with van der Waals surface area (Å²) in [4.78, 5) is 4.18. The lowest BCUT2D eigenvalue weighted by atomic mass is 9.90. The SMILES string of the molecule is c1ccc(C2CCNCC2)c(Oc2nccs2)c1. The second kappa shape index (κ2) is 5.50. The van der Waals surface area contributed by atoms with Crippen molar-refractivity contribution in [1.82, 2.24) is 10.3 Å². The van der Waals surface area contributed by atoms with Gasteiger partial charge in [0.15, 0.2) is 0 Å². The number of aromatic nitrogens is 1. The lowest BCUT2D eigenvalue weighted by Crippen LogP contribution is -2.26. The maximum absolute atomic E-state index is 5.89. The summed E-state index contributed by atoms with van der Waals surface area (Å²) >= 11 is 1.53. The number of thiazole rings is 1. The zero-order chi connectivity index (χ0) is 12.2. The van der Waals surface area contributed by atoms with Gasteiger partial charge in [0, 0.05) is 11.6 Å². The van der Waals surface area contributed by atoms with E-state index in [9.17, 15) is 0 Å². The topological polar surface area (TPSA) is 34.1 Å². The van der Waals surface area contributed by atoms with Crippen LogP contribution in [0.2, 0.25) is 0 Å². The molecule has 1 aliphatic rings. The molecule has 0 aliphatic carbocycles. The van der Waals surface area contributed by atoms with Gasteiger partial charge in [0.25, 0.3) is 5.19 Å². The number of para-hydroxylation sites is 1. The Morgan fingerprint density at radius 3 is 2.83 bits per heavy atom. The van der Waals surface area contributed by atoms with Crippen molar-refractivity contribution in [2.24, 2.45) is 0 Å². The summed E-state index contributed by atoms with van der Waals surface area (Å²) in [6, 6.07) is 8.33. The molecule has 0 saturated carbocycles. The summed E-state index contributed by atoms with van der Waals surface area (Å²) in [5.41, 5.74) is 1.31. The lowest BCUT2D eigenvalue weighted by Gasteiger charge is -2.24. The highest BCUT2D eigenvalue weighted by atomic mass is 32.1. The number of hydrogen-bond acceptors (Lipinski definition) is 4. The number of hydrogen-bond donors (Lipinski definition) is 1. The summed E-state index contributed by atoms with van der Waals surface area (Å²) < 4.78 is 5.89. The zero-order valence-corrected chi connectivity index (χ0v) is 11.0. The molecule has 3 rings (SSSR count). The van der Waals surface area contributed by atoms with Gasteiger partial charge in [-0.2, -0.15) is 0 Å². The highest BCUT2D eigenvalue weighted by Crippen LogP contribution is 2.35. The van der Waals surface area contributed by atoms with E-state index in [1.807, 2.05) is 17.5 Å². The molecule has 2 aromatic rings. The molecule has 1 aromatic carbocycles. The molecule has 2 heterocycles. The normalized spacial score (nSPS) is 16.7. The molecule has 1 aliphatic heterocycles. The highest BCUT2D eigenvalue weighted by Gasteiger charge is 2.19. The molecule has 1 aromatic heterocycles. The number of rotatable bonds is 3. The molecule has 1 saturated heterocycles. The first-order valence-corrected chi connectivity index (χ1v) is 7.18. The molecule has 4 heteroatoms. The summed E-state index contributed by atoms with van der Waals surface area (Å²) in [5, 5.41) is 6.05. The van der Waals surface area contributed by atoms with Gasteiger partial charge in [-0.1, -0.05) is 29.5 Å². The van der Waals surface area contributed by atoms with E-state index in [2.05, 4.69) is 22.4 Å². The molecule has 18 heavy (non-hydrogen) atoms. The smallest absolute Gasteiger partial charge is 0.278 e. The van der Waals surface area contributed by atoms with Crippen LogP contribution in [0.1, 0.15) is 24.3 Å². The molecular weight excluding hydrogens is 244 g/mol. The van der Waals surface area contributed by atoms with Gasteiger partial charge in [-0.3, -0.25) is 0 Å². The Kier molecular flexibility index (Phi) is 3.57. The van der Waals surface area contributed by atoms with Crippen molar-refractivity contribution in [1.29, 1.82) is 0 Å². The van der Waals surface area contributed by atoms with E-state index in [1.165, 1.54) is 29.7 Å². The van der Waals surface area contributed by atoms with Crippen molar-refractivity contribution in [2.45, 2.75) is 18.8 Å². The maximum atomic E-state index is 5.89. The van der Waals surface area contributed by atoms with Crippen LogP contribution in [-0.2, 0) is 0 Å². The second-order valence-corrected chi connectivity index (χ2v) is 5.32. The molecule has 3 nitrogen and oxygen atoms in total. The van der Waals surface area contributed by atoms with Crippen molar-refractivity contribution in [3.63, 3.8) is 0 Å². The number of benzene rings is 1. The van der Waals surface area contributed by atoms with Gasteiger partial charge >= 0.3 is 0 Å². The van der Waals surface area contributed by atoms with E-state index >= 15 is 0 Å². The fourth-order valence-corrected chi connectivity index (χ4v) is 2.90. The fourth-order valence-electron chi connectivity index (χ4n) is 2.40. The molecule has 0 atom stereocenters. The number of ether oxygens (including phenoxy) is 1. The van der Waals surface area contributed by atoms with Gasteiger partial charge in [-0.05, 0) is 43.5 Å². The second-order valence-electron chi connectivity index (χ2n) is 4.46. The molecule has 0 unspecified atom stereocenters. The summed E-state index contributed by atoms with van der Waals surface area (Å²) in [5.74, 6) is 1.56. The summed E-state index contributed by atoms with van der Waals surface area (Å²) in [6.07, 6.45) is 4.13. The summed E-state index contributed by atoms with van der Waals surface area (Å²) in [7, 11) is 0. The quantitative estimate of drug-likeness (QED) is 0.918. The number of nitrogens with zero attached hydrogens (tertiary/aromatic N) is 1. The van der Waals surface area contributed by atoms with Crippen molar-refractivity contribution in [3.8, 4) is 10.9 Å².